The van der Waals surface area contributed by atoms with E-state index >= 15 is 0 Å². The fourth-order valence-electron chi connectivity index (χ4n) is 3.88. The zero-order valence-corrected chi connectivity index (χ0v) is 13.9. The Bertz CT molecular complexity index is 659. The van der Waals surface area contributed by atoms with E-state index in [4.69, 9.17) is 9.84 Å². The van der Waals surface area contributed by atoms with E-state index in [0.717, 1.165) is 26.1 Å². The highest BCUT2D eigenvalue weighted by atomic mass is 16.5. The van der Waals surface area contributed by atoms with E-state index in [2.05, 4.69) is 47.0 Å². The van der Waals surface area contributed by atoms with Crippen LogP contribution in [0.2, 0.25) is 0 Å². The largest absolute Gasteiger partial charge is 0.377 e. The lowest BCUT2D eigenvalue weighted by Crippen LogP contribution is -2.28. The van der Waals surface area contributed by atoms with E-state index in [-0.39, 0.29) is 0 Å². The van der Waals surface area contributed by atoms with Gasteiger partial charge >= 0.3 is 0 Å². The second-order valence-corrected chi connectivity index (χ2v) is 6.80. The summed E-state index contributed by atoms with van der Waals surface area (Å²) in [6, 6.07) is 10.5. The lowest BCUT2D eigenvalue weighted by Gasteiger charge is -2.19. The van der Waals surface area contributed by atoms with Gasteiger partial charge < -0.3 is 4.74 Å². The fourth-order valence-corrected chi connectivity index (χ4v) is 3.88. The molecule has 1 atom stereocenters. The Hall–Kier alpha value is -1.65. The van der Waals surface area contributed by atoms with Crippen LogP contribution < -0.4 is 0 Å². The van der Waals surface area contributed by atoms with Crippen molar-refractivity contribution in [2.24, 2.45) is 0 Å². The first-order chi connectivity index (χ1) is 11.3. The van der Waals surface area contributed by atoms with Crippen LogP contribution in [0.15, 0.2) is 30.3 Å². The van der Waals surface area contributed by atoms with Gasteiger partial charge in [-0.15, -0.1) is 0 Å². The number of benzene rings is 1. The topological polar surface area (TPSA) is 30.3 Å². The molecule has 0 amide bonds. The monoisotopic (exact) mass is 311 g/mol. The molecule has 4 heteroatoms. The third-order valence-corrected chi connectivity index (χ3v) is 4.97. The average molecular weight is 311 g/mol. The van der Waals surface area contributed by atoms with E-state index in [1.807, 2.05) is 0 Å². The van der Waals surface area contributed by atoms with Gasteiger partial charge in [0.15, 0.2) is 0 Å². The first kappa shape index (κ1) is 14.9. The predicted octanol–water partition coefficient (Wildman–Crippen LogP) is 2.97. The molecule has 4 rings (SSSR count). The summed E-state index contributed by atoms with van der Waals surface area (Å²) in [5.41, 5.74) is 5.32. The van der Waals surface area contributed by atoms with Gasteiger partial charge in [0.05, 0.1) is 17.5 Å². The molecule has 2 aromatic rings. The summed E-state index contributed by atoms with van der Waals surface area (Å²) in [6.07, 6.45) is 6.38. The Morgan fingerprint density at radius 3 is 2.87 bits per heavy atom. The highest BCUT2D eigenvalue weighted by Gasteiger charge is 2.24. The summed E-state index contributed by atoms with van der Waals surface area (Å²) in [5, 5.41) is 4.95. The van der Waals surface area contributed by atoms with Crippen molar-refractivity contribution in [3.63, 3.8) is 0 Å². The zero-order valence-electron chi connectivity index (χ0n) is 13.9. The van der Waals surface area contributed by atoms with Gasteiger partial charge in [-0.25, -0.2) is 4.68 Å². The SMILES string of the molecule is CN(Cc1nn(-c2ccccc2)c2c1CCC2)C[C@@H]1CCCO1. The normalized spacial score (nSPS) is 20.3. The number of aromatic nitrogens is 2. The molecule has 1 aliphatic heterocycles. The number of para-hydroxylation sites is 1. The first-order valence-electron chi connectivity index (χ1n) is 8.76. The van der Waals surface area contributed by atoms with Gasteiger partial charge in [0.1, 0.15) is 0 Å². The van der Waals surface area contributed by atoms with E-state index in [0.29, 0.717) is 6.10 Å². The van der Waals surface area contributed by atoms with Crippen molar-refractivity contribution < 1.29 is 4.74 Å². The molecule has 0 N–H and O–H groups in total. The van der Waals surface area contributed by atoms with Gasteiger partial charge in [-0.05, 0) is 56.8 Å². The number of ether oxygens (including phenoxy) is 1. The summed E-state index contributed by atoms with van der Waals surface area (Å²) in [6.45, 7) is 2.85. The summed E-state index contributed by atoms with van der Waals surface area (Å²) >= 11 is 0. The molecule has 1 aliphatic carbocycles. The highest BCUT2D eigenvalue weighted by Crippen LogP contribution is 2.28. The van der Waals surface area contributed by atoms with Gasteiger partial charge in [0.25, 0.3) is 0 Å². The minimum atomic E-state index is 0.407. The lowest BCUT2D eigenvalue weighted by molar-refractivity contribution is 0.0789. The molecule has 1 aromatic heterocycles. The second-order valence-electron chi connectivity index (χ2n) is 6.80. The Morgan fingerprint density at radius 2 is 2.09 bits per heavy atom. The second kappa shape index (κ2) is 6.46. The highest BCUT2D eigenvalue weighted by molar-refractivity contribution is 5.39. The third-order valence-electron chi connectivity index (χ3n) is 4.97. The quantitative estimate of drug-likeness (QED) is 0.850. The maximum Gasteiger partial charge on any atom is 0.0803 e. The number of nitrogens with zero attached hydrogens (tertiary/aromatic N) is 3. The summed E-state index contributed by atoms with van der Waals surface area (Å²) in [7, 11) is 2.19. The average Bonchev–Trinajstić information content (AvgIpc) is 3.27. The van der Waals surface area contributed by atoms with Crippen LogP contribution >= 0.6 is 0 Å². The van der Waals surface area contributed by atoms with Crippen molar-refractivity contribution in [2.75, 3.05) is 20.2 Å². The van der Waals surface area contributed by atoms with E-state index in [1.165, 1.54) is 48.3 Å². The summed E-state index contributed by atoms with van der Waals surface area (Å²) in [5.74, 6) is 0. The Balaban J connectivity index is 1.55. The molecular weight excluding hydrogens is 286 g/mol. The first-order valence-corrected chi connectivity index (χ1v) is 8.76. The smallest absolute Gasteiger partial charge is 0.0803 e. The van der Waals surface area contributed by atoms with Crippen molar-refractivity contribution in [2.45, 2.75) is 44.8 Å². The molecule has 2 heterocycles. The molecule has 1 aromatic carbocycles. The Morgan fingerprint density at radius 1 is 1.22 bits per heavy atom. The zero-order chi connectivity index (χ0) is 15.6. The lowest BCUT2D eigenvalue weighted by atomic mass is 10.2. The predicted molar refractivity (Wildman–Crippen MR) is 90.9 cm³/mol. The van der Waals surface area contributed by atoms with Gasteiger partial charge in [-0.1, -0.05) is 18.2 Å². The van der Waals surface area contributed by atoms with Gasteiger partial charge in [0.2, 0.25) is 0 Å². The maximum atomic E-state index is 5.76. The van der Waals surface area contributed by atoms with Crippen LogP contribution in [0.1, 0.15) is 36.2 Å². The maximum absolute atomic E-state index is 5.76. The standard InChI is InChI=1S/C19H25N3O/c1-21(13-16-9-6-12-23-16)14-18-17-10-5-11-19(17)22(20-18)15-7-3-2-4-8-15/h2-4,7-8,16H,5-6,9-14H2,1H3/t16-/m0/s1. The third kappa shape index (κ3) is 3.06. The molecule has 122 valence electrons. The van der Waals surface area contributed by atoms with E-state index in [9.17, 15) is 0 Å². The van der Waals surface area contributed by atoms with Crippen molar-refractivity contribution in [1.82, 2.24) is 14.7 Å². The Kier molecular flexibility index (Phi) is 4.19. The van der Waals surface area contributed by atoms with Crippen LogP contribution in [-0.4, -0.2) is 41.0 Å². The van der Waals surface area contributed by atoms with E-state index < -0.39 is 0 Å². The van der Waals surface area contributed by atoms with Crippen LogP contribution in [0.25, 0.3) is 5.69 Å². The minimum absolute atomic E-state index is 0.407. The molecule has 4 nitrogen and oxygen atoms in total. The molecular formula is C19H25N3O. The minimum Gasteiger partial charge on any atom is -0.377 e. The van der Waals surface area contributed by atoms with Crippen molar-refractivity contribution in [3.05, 3.63) is 47.3 Å². The number of fused-ring (bicyclic) bond motifs is 1. The molecule has 2 aliphatic rings. The van der Waals surface area contributed by atoms with Crippen LogP contribution in [0.4, 0.5) is 0 Å². The number of hydrogen-bond acceptors (Lipinski definition) is 3. The molecule has 0 bridgehead atoms. The van der Waals surface area contributed by atoms with E-state index in [1.54, 1.807) is 0 Å². The van der Waals surface area contributed by atoms with Crippen LogP contribution in [-0.2, 0) is 24.1 Å². The number of rotatable bonds is 5. The molecule has 0 saturated carbocycles. The molecule has 0 spiro atoms. The molecule has 0 radical (unpaired) electrons. The number of hydrogen-bond donors (Lipinski definition) is 0. The number of likely N-dealkylation sites (N-methyl/N-ethyl adjacent to an activating group) is 1. The Labute approximate surface area is 138 Å². The van der Waals surface area contributed by atoms with Crippen LogP contribution in [0.3, 0.4) is 0 Å². The van der Waals surface area contributed by atoms with Gasteiger partial charge in [0, 0.05) is 25.4 Å². The molecule has 23 heavy (non-hydrogen) atoms. The van der Waals surface area contributed by atoms with Gasteiger partial charge in [-0.3, -0.25) is 4.90 Å². The van der Waals surface area contributed by atoms with Crippen molar-refractivity contribution >= 4 is 0 Å². The molecule has 1 fully saturated rings. The molecule has 0 unspecified atom stereocenters. The fraction of sp³-hybridized carbons (Fsp3) is 0.526. The van der Waals surface area contributed by atoms with Gasteiger partial charge in [-0.2, -0.15) is 5.10 Å². The summed E-state index contributed by atoms with van der Waals surface area (Å²) in [4.78, 5) is 2.37. The van der Waals surface area contributed by atoms with Crippen molar-refractivity contribution in [1.29, 1.82) is 0 Å². The van der Waals surface area contributed by atoms with Crippen LogP contribution in [0, 0.1) is 0 Å². The van der Waals surface area contributed by atoms with Crippen molar-refractivity contribution in [3.8, 4) is 5.69 Å². The molecule has 1 saturated heterocycles. The summed E-state index contributed by atoms with van der Waals surface area (Å²) < 4.78 is 7.93. The van der Waals surface area contributed by atoms with Crippen LogP contribution in [0.5, 0.6) is 0 Å².